The maximum absolute atomic E-state index is 12.0. The Morgan fingerprint density at radius 3 is 2.52 bits per heavy atom. The molecule has 0 aromatic carbocycles. The molecule has 1 N–H and O–H groups in total. The molecule has 0 aliphatic carbocycles. The van der Waals surface area contributed by atoms with Crippen LogP contribution in [0.1, 0.15) is 15.6 Å². The van der Waals surface area contributed by atoms with E-state index < -0.39 is 0 Å². The zero-order valence-corrected chi connectivity index (χ0v) is 14.7. The maximum atomic E-state index is 12.0. The van der Waals surface area contributed by atoms with E-state index in [1.54, 1.807) is 16.2 Å². The second-order valence-corrected chi connectivity index (χ2v) is 6.85. The summed E-state index contributed by atoms with van der Waals surface area (Å²) in [5.74, 6) is 0.0324. The summed E-state index contributed by atoms with van der Waals surface area (Å²) in [6.45, 7) is 8.24. The van der Waals surface area contributed by atoms with E-state index in [0.717, 1.165) is 35.2 Å². The van der Waals surface area contributed by atoms with Gasteiger partial charge in [0.1, 0.15) is 0 Å². The van der Waals surface area contributed by atoms with Crippen LogP contribution in [0.25, 0.3) is 0 Å². The zero-order chi connectivity index (χ0) is 16.8. The van der Waals surface area contributed by atoms with Gasteiger partial charge in [0.05, 0.1) is 24.2 Å². The molecule has 1 saturated heterocycles. The van der Waals surface area contributed by atoms with Crippen LogP contribution in [0.4, 0.5) is 4.79 Å². The monoisotopic (exact) mass is 340 g/mol. The second-order valence-electron chi connectivity index (χ2n) is 5.57. The molecule has 0 bridgehead atoms. The van der Waals surface area contributed by atoms with Crippen molar-refractivity contribution >= 4 is 23.3 Å². The van der Waals surface area contributed by atoms with Crippen LogP contribution in [0.15, 0.2) is 0 Å². The van der Waals surface area contributed by atoms with Crippen molar-refractivity contribution in [3.8, 4) is 0 Å². The quantitative estimate of drug-likeness (QED) is 0.858. The number of nitrogens with one attached hydrogen (secondary N) is 1. The average molecular weight is 340 g/mol. The summed E-state index contributed by atoms with van der Waals surface area (Å²) in [6.07, 6.45) is 0.126. The van der Waals surface area contributed by atoms with Gasteiger partial charge in [0, 0.05) is 44.1 Å². The molecule has 1 aliphatic heterocycles. The van der Waals surface area contributed by atoms with Crippen molar-refractivity contribution in [3.05, 3.63) is 15.6 Å². The molecule has 0 spiro atoms. The number of ether oxygens (including phenoxy) is 1. The molecule has 0 saturated carbocycles. The molecule has 8 heteroatoms. The summed E-state index contributed by atoms with van der Waals surface area (Å²) in [5, 5.41) is 3.95. The molecule has 2 rings (SSSR count). The zero-order valence-electron chi connectivity index (χ0n) is 13.9. The molecular weight excluding hydrogens is 316 g/mol. The molecule has 0 atom stereocenters. The molecule has 1 aliphatic rings. The number of rotatable bonds is 5. The molecule has 7 nitrogen and oxygen atoms in total. The predicted molar refractivity (Wildman–Crippen MR) is 88.7 cm³/mol. The Hall–Kier alpha value is -1.67. The fraction of sp³-hybridized carbons (Fsp3) is 0.667. The molecule has 23 heavy (non-hydrogen) atoms. The molecule has 0 radical (unpaired) electrons. The summed E-state index contributed by atoms with van der Waals surface area (Å²) in [4.78, 5) is 32.7. The third-order valence-electron chi connectivity index (χ3n) is 3.88. The highest BCUT2D eigenvalue weighted by molar-refractivity contribution is 7.11. The summed E-state index contributed by atoms with van der Waals surface area (Å²) in [7, 11) is 1.40. The average Bonchev–Trinajstić information content (AvgIpc) is 2.84. The Kier molecular flexibility index (Phi) is 6.35. The second kappa shape index (κ2) is 8.26. The fourth-order valence-electron chi connectivity index (χ4n) is 2.58. The largest absolute Gasteiger partial charge is 0.453 e. The third kappa shape index (κ3) is 5.18. The SMILES string of the molecule is COC(=O)N1CCN(CCNC(=O)Cc2sc(C)nc2C)CC1. The van der Waals surface area contributed by atoms with E-state index in [2.05, 4.69) is 15.2 Å². The molecule has 1 aromatic heterocycles. The van der Waals surface area contributed by atoms with Crippen LogP contribution >= 0.6 is 11.3 Å². The van der Waals surface area contributed by atoms with E-state index in [1.807, 2.05) is 13.8 Å². The smallest absolute Gasteiger partial charge is 0.409 e. The molecule has 2 amide bonds. The summed E-state index contributed by atoms with van der Waals surface area (Å²) in [5.41, 5.74) is 0.946. The first kappa shape index (κ1) is 17.7. The van der Waals surface area contributed by atoms with Crippen molar-refractivity contribution in [1.82, 2.24) is 20.1 Å². The van der Waals surface area contributed by atoms with Gasteiger partial charge in [-0.1, -0.05) is 0 Å². The number of hydrogen-bond donors (Lipinski definition) is 1. The lowest BCUT2D eigenvalue weighted by molar-refractivity contribution is -0.120. The molecule has 1 aromatic rings. The lowest BCUT2D eigenvalue weighted by atomic mass is 10.3. The van der Waals surface area contributed by atoms with Gasteiger partial charge in [0.15, 0.2) is 0 Å². The van der Waals surface area contributed by atoms with Gasteiger partial charge >= 0.3 is 6.09 Å². The van der Waals surface area contributed by atoms with E-state index in [1.165, 1.54) is 7.11 Å². The van der Waals surface area contributed by atoms with Crippen LogP contribution < -0.4 is 5.32 Å². The molecule has 1 fully saturated rings. The molecular formula is C15H24N4O3S. The van der Waals surface area contributed by atoms with E-state index in [4.69, 9.17) is 4.74 Å². The van der Waals surface area contributed by atoms with Gasteiger partial charge in [0.2, 0.25) is 5.91 Å². The Morgan fingerprint density at radius 2 is 1.96 bits per heavy atom. The molecule has 0 unspecified atom stereocenters. The minimum Gasteiger partial charge on any atom is -0.453 e. The predicted octanol–water partition coefficient (Wildman–Crippen LogP) is 0.803. The number of carbonyl (C=O) groups is 2. The number of thiazole rings is 1. The highest BCUT2D eigenvalue weighted by atomic mass is 32.1. The number of carbonyl (C=O) groups excluding carboxylic acids is 2. The van der Waals surface area contributed by atoms with Crippen molar-refractivity contribution in [3.63, 3.8) is 0 Å². The van der Waals surface area contributed by atoms with Gasteiger partial charge in [0.25, 0.3) is 0 Å². The van der Waals surface area contributed by atoms with Crippen molar-refractivity contribution in [2.75, 3.05) is 46.4 Å². The van der Waals surface area contributed by atoms with E-state index >= 15 is 0 Å². The third-order valence-corrected chi connectivity index (χ3v) is 4.95. The molecule has 128 valence electrons. The molecule has 2 heterocycles. The van der Waals surface area contributed by atoms with Gasteiger partial charge < -0.3 is 15.0 Å². The summed E-state index contributed by atoms with van der Waals surface area (Å²) < 4.78 is 4.71. The van der Waals surface area contributed by atoms with Gasteiger partial charge in [-0.15, -0.1) is 11.3 Å². The Morgan fingerprint density at radius 1 is 1.26 bits per heavy atom. The fourth-order valence-corrected chi connectivity index (χ4v) is 3.52. The van der Waals surface area contributed by atoms with Gasteiger partial charge in [-0.3, -0.25) is 9.69 Å². The van der Waals surface area contributed by atoms with Gasteiger partial charge in [-0.2, -0.15) is 0 Å². The van der Waals surface area contributed by atoms with Crippen LogP contribution in [-0.4, -0.2) is 73.2 Å². The number of aryl methyl sites for hydroxylation is 2. The Balaban J connectivity index is 1.65. The standard InChI is InChI=1S/C15H24N4O3S/c1-11-13(23-12(2)17-11)10-14(20)16-4-5-18-6-8-19(9-7-18)15(21)22-3/h4-10H2,1-3H3,(H,16,20). The van der Waals surface area contributed by atoms with Crippen LogP contribution in [0.3, 0.4) is 0 Å². The van der Waals surface area contributed by atoms with E-state index in [0.29, 0.717) is 26.1 Å². The number of nitrogens with zero attached hydrogens (tertiary/aromatic N) is 3. The van der Waals surface area contributed by atoms with Crippen LogP contribution in [0.2, 0.25) is 0 Å². The Bertz CT molecular complexity index is 553. The number of hydrogen-bond acceptors (Lipinski definition) is 6. The van der Waals surface area contributed by atoms with Crippen molar-refractivity contribution in [2.24, 2.45) is 0 Å². The first-order valence-corrected chi connectivity index (χ1v) is 8.56. The van der Waals surface area contributed by atoms with Crippen LogP contribution in [-0.2, 0) is 16.0 Å². The number of piperazine rings is 1. The van der Waals surface area contributed by atoms with Crippen molar-refractivity contribution in [2.45, 2.75) is 20.3 Å². The van der Waals surface area contributed by atoms with Crippen molar-refractivity contribution < 1.29 is 14.3 Å². The normalized spacial score (nSPS) is 15.5. The highest BCUT2D eigenvalue weighted by Gasteiger charge is 2.21. The first-order chi connectivity index (χ1) is 11.0. The highest BCUT2D eigenvalue weighted by Crippen LogP contribution is 2.17. The Labute approximate surface area is 140 Å². The minimum atomic E-state index is -0.270. The number of aromatic nitrogens is 1. The number of methoxy groups -OCH3 is 1. The van der Waals surface area contributed by atoms with Gasteiger partial charge in [-0.05, 0) is 13.8 Å². The summed E-state index contributed by atoms with van der Waals surface area (Å²) in [6, 6.07) is 0. The van der Waals surface area contributed by atoms with E-state index in [9.17, 15) is 9.59 Å². The summed E-state index contributed by atoms with van der Waals surface area (Å²) >= 11 is 1.58. The van der Waals surface area contributed by atoms with E-state index in [-0.39, 0.29) is 12.0 Å². The lowest BCUT2D eigenvalue weighted by Gasteiger charge is -2.33. The topological polar surface area (TPSA) is 74.8 Å². The minimum absolute atomic E-state index is 0.0324. The van der Waals surface area contributed by atoms with Crippen molar-refractivity contribution in [1.29, 1.82) is 0 Å². The lowest BCUT2D eigenvalue weighted by Crippen LogP contribution is -2.50. The number of amides is 2. The van der Waals surface area contributed by atoms with Crippen LogP contribution in [0.5, 0.6) is 0 Å². The van der Waals surface area contributed by atoms with Gasteiger partial charge in [-0.25, -0.2) is 9.78 Å². The van der Waals surface area contributed by atoms with Crippen LogP contribution in [0, 0.1) is 13.8 Å². The first-order valence-electron chi connectivity index (χ1n) is 7.74. The maximum Gasteiger partial charge on any atom is 0.409 e.